The second kappa shape index (κ2) is 4.98. The monoisotopic (exact) mass is 288 g/mol. The van der Waals surface area contributed by atoms with Crippen molar-refractivity contribution in [3.8, 4) is 0 Å². The molecular weight excluding hydrogens is 272 g/mol. The lowest BCUT2D eigenvalue weighted by Crippen LogP contribution is -2.09. The van der Waals surface area contributed by atoms with Crippen molar-refractivity contribution in [1.82, 2.24) is 9.55 Å². The van der Waals surface area contributed by atoms with Crippen molar-refractivity contribution in [2.75, 3.05) is 0 Å². The Morgan fingerprint density at radius 2 is 2.05 bits per heavy atom. The maximum Gasteiger partial charge on any atom is 0.126 e. The lowest BCUT2D eigenvalue weighted by atomic mass is 10.2. The molecule has 0 fully saturated rings. The maximum atomic E-state index is 6.07. The van der Waals surface area contributed by atoms with Gasteiger partial charge in [-0.1, -0.05) is 6.07 Å². The van der Waals surface area contributed by atoms with Crippen LogP contribution in [0.3, 0.4) is 0 Å². The first-order valence-corrected chi connectivity index (χ1v) is 7.23. The highest BCUT2D eigenvalue weighted by molar-refractivity contribution is 6.16. The number of rotatable bonds is 3. The van der Waals surface area contributed by atoms with E-state index < -0.39 is 0 Å². The Balaban J connectivity index is 2.18. The Morgan fingerprint density at radius 3 is 2.70 bits per heavy atom. The third-order valence-electron chi connectivity index (χ3n) is 3.60. The first-order chi connectivity index (χ1) is 9.60. The molecule has 3 nitrogen and oxygen atoms in total. The highest BCUT2D eigenvalue weighted by atomic mass is 35.5. The Kier molecular flexibility index (Phi) is 3.30. The number of imidazole rings is 1. The number of furan rings is 1. The van der Waals surface area contributed by atoms with Crippen LogP contribution in [0.15, 0.2) is 34.7 Å². The average molecular weight is 289 g/mol. The number of aromatic nitrogens is 2. The van der Waals surface area contributed by atoms with Gasteiger partial charge < -0.3 is 8.98 Å². The Bertz CT molecular complexity index is 757. The van der Waals surface area contributed by atoms with E-state index >= 15 is 0 Å². The van der Waals surface area contributed by atoms with Gasteiger partial charge in [-0.25, -0.2) is 4.98 Å². The van der Waals surface area contributed by atoms with Crippen molar-refractivity contribution in [2.45, 2.75) is 32.7 Å². The predicted octanol–water partition coefficient (Wildman–Crippen LogP) is 4.59. The molecule has 0 spiro atoms. The second-order valence-electron chi connectivity index (χ2n) is 5.15. The van der Waals surface area contributed by atoms with Gasteiger partial charge in [0.05, 0.1) is 23.0 Å². The van der Waals surface area contributed by atoms with Gasteiger partial charge in [0.15, 0.2) is 0 Å². The number of hydrogen-bond acceptors (Lipinski definition) is 2. The summed E-state index contributed by atoms with van der Waals surface area (Å²) in [4.78, 5) is 4.63. The van der Waals surface area contributed by atoms with E-state index in [1.54, 1.807) is 0 Å². The van der Waals surface area contributed by atoms with E-state index in [2.05, 4.69) is 41.6 Å². The number of hydrogen-bond donors (Lipinski definition) is 0. The highest BCUT2D eigenvalue weighted by Gasteiger charge is 2.19. The van der Waals surface area contributed by atoms with Crippen molar-refractivity contribution in [3.05, 3.63) is 53.2 Å². The van der Waals surface area contributed by atoms with Crippen LogP contribution in [0.5, 0.6) is 0 Å². The average Bonchev–Trinajstić information content (AvgIpc) is 3.00. The van der Waals surface area contributed by atoms with Gasteiger partial charge in [0, 0.05) is 0 Å². The lowest BCUT2D eigenvalue weighted by molar-refractivity contribution is 0.429. The van der Waals surface area contributed by atoms with E-state index in [1.165, 1.54) is 5.56 Å². The molecule has 0 radical (unpaired) electrons. The molecule has 104 valence electrons. The summed E-state index contributed by atoms with van der Waals surface area (Å²) < 4.78 is 7.90. The molecule has 3 aromatic rings. The SMILES string of the molecule is Cc1ccc2c(c1)nc(CCl)n2C(C)c1ccc(C)o1. The fourth-order valence-electron chi connectivity index (χ4n) is 2.59. The van der Waals surface area contributed by atoms with Gasteiger partial charge in [-0.05, 0) is 50.6 Å². The van der Waals surface area contributed by atoms with Crippen molar-refractivity contribution in [3.63, 3.8) is 0 Å². The van der Waals surface area contributed by atoms with Gasteiger partial charge in [-0.3, -0.25) is 0 Å². The predicted molar refractivity (Wildman–Crippen MR) is 81.3 cm³/mol. The summed E-state index contributed by atoms with van der Waals surface area (Å²) in [5.41, 5.74) is 3.27. The molecule has 0 N–H and O–H groups in total. The fraction of sp³-hybridized carbons (Fsp3) is 0.312. The summed E-state index contributed by atoms with van der Waals surface area (Å²) >= 11 is 6.07. The molecule has 2 heterocycles. The van der Waals surface area contributed by atoms with E-state index in [0.29, 0.717) is 5.88 Å². The molecule has 0 amide bonds. The lowest BCUT2D eigenvalue weighted by Gasteiger charge is -2.14. The van der Waals surface area contributed by atoms with Gasteiger partial charge in [-0.15, -0.1) is 11.6 Å². The summed E-state index contributed by atoms with van der Waals surface area (Å²) in [5, 5.41) is 0. The summed E-state index contributed by atoms with van der Waals surface area (Å²) in [5.74, 6) is 3.10. The van der Waals surface area contributed by atoms with Crippen LogP contribution in [0, 0.1) is 13.8 Å². The van der Waals surface area contributed by atoms with Crippen LogP contribution in [0.4, 0.5) is 0 Å². The van der Waals surface area contributed by atoms with E-state index in [9.17, 15) is 0 Å². The van der Waals surface area contributed by atoms with E-state index in [-0.39, 0.29) is 6.04 Å². The number of aryl methyl sites for hydroxylation is 2. The number of nitrogens with zero attached hydrogens (tertiary/aromatic N) is 2. The summed E-state index contributed by atoms with van der Waals surface area (Å²) in [6.45, 7) is 6.13. The van der Waals surface area contributed by atoms with Crippen LogP contribution in [0.1, 0.15) is 35.9 Å². The molecule has 1 atom stereocenters. The van der Waals surface area contributed by atoms with Gasteiger partial charge in [0.1, 0.15) is 17.3 Å². The van der Waals surface area contributed by atoms with Gasteiger partial charge in [-0.2, -0.15) is 0 Å². The smallest absolute Gasteiger partial charge is 0.126 e. The van der Waals surface area contributed by atoms with Crippen LogP contribution < -0.4 is 0 Å². The Hall–Kier alpha value is -1.74. The minimum Gasteiger partial charge on any atom is -0.464 e. The Labute approximate surface area is 123 Å². The van der Waals surface area contributed by atoms with Crippen LogP contribution in [-0.2, 0) is 5.88 Å². The molecule has 20 heavy (non-hydrogen) atoms. The molecule has 0 aliphatic carbocycles. The van der Waals surface area contributed by atoms with Crippen molar-refractivity contribution < 1.29 is 4.42 Å². The first-order valence-electron chi connectivity index (χ1n) is 6.70. The van der Waals surface area contributed by atoms with Crippen molar-refractivity contribution >= 4 is 22.6 Å². The highest BCUT2D eigenvalue weighted by Crippen LogP contribution is 2.28. The van der Waals surface area contributed by atoms with Crippen LogP contribution in [-0.4, -0.2) is 9.55 Å². The zero-order valence-corrected chi connectivity index (χ0v) is 12.6. The van der Waals surface area contributed by atoms with E-state index in [1.807, 2.05) is 19.1 Å². The summed E-state index contributed by atoms with van der Waals surface area (Å²) in [6, 6.07) is 10.3. The number of benzene rings is 1. The normalized spacial score (nSPS) is 13.0. The fourth-order valence-corrected chi connectivity index (χ4v) is 2.78. The topological polar surface area (TPSA) is 31.0 Å². The molecule has 0 saturated carbocycles. The first kappa shape index (κ1) is 13.3. The maximum absolute atomic E-state index is 6.07. The zero-order chi connectivity index (χ0) is 14.3. The van der Waals surface area contributed by atoms with E-state index in [4.69, 9.17) is 16.0 Å². The van der Waals surface area contributed by atoms with Gasteiger partial charge >= 0.3 is 0 Å². The quantitative estimate of drug-likeness (QED) is 0.660. The Morgan fingerprint density at radius 1 is 1.25 bits per heavy atom. The van der Waals surface area contributed by atoms with Crippen molar-refractivity contribution in [1.29, 1.82) is 0 Å². The minimum atomic E-state index is 0.0742. The molecule has 1 unspecified atom stereocenters. The van der Waals surface area contributed by atoms with Crippen LogP contribution in [0.2, 0.25) is 0 Å². The van der Waals surface area contributed by atoms with Crippen LogP contribution >= 0.6 is 11.6 Å². The molecule has 3 rings (SSSR count). The van der Waals surface area contributed by atoms with Gasteiger partial charge in [0.2, 0.25) is 0 Å². The van der Waals surface area contributed by atoms with Gasteiger partial charge in [0.25, 0.3) is 0 Å². The number of halogens is 1. The molecule has 1 aromatic carbocycles. The third-order valence-corrected chi connectivity index (χ3v) is 3.84. The number of fused-ring (bicyclic) bond motifs is 1. The zero-order valence-electron chi connectivity index (χ0n) is 11.9. The minimum absolute atomic E-state index is 0.0742. The molecule has 0 aliphatic rings. The van der Waals surface area contributed by atoms with E-state index in [0.717, 1.165) is 28.4 Å². The third kappa shape index (κ3) is 2.12. The number of alkyl halides is 1. The molecular formula is C16H17ClN2O. The molecule has 2 aromatic heterocycles. The largest absolute Gasteiger partial charge is 0.464 e. The molecule has 0 aliphatic heterocycles. The molecule has 4 heteroatoms. The molecule has 0 bridgehead atoms. The standard InChI is InChI=1S/C16H17ClN2O/c1-10-4-6-14-13(8-10)18-16(9-17)19(14)12(3)15-7-5-11(2)20-15/h4-8,12H,9H2,1-3H3. The van der Waals surface area contributed by atoms with Crippen molar-refractivity contribution in [2.24, 2.45) is 0 Å². The second-order valence-corrected chi connectivity index (χ2v) is 5.42. The molecule has 0 saturated heterocycles. The summed E-state index contributed by atoms with van der Waals surface area (Å²) in [6.07, 6.45) is 0. The summed E-state index contributed by atoms with van der Waals surface area (Å²) in [7, 11) is 0. The van der Waals surface area contributed by atoms with Crippen LogP contribution in [0.25, 0.3) is 11.0 Å².